The van der Waals surface area contributed by atoms with Crippen LogP contribution in [0, 0.1) is 0 Å². The summed E-state index contributed by atoms with van der Waals surface area (Å²) in [6, 6.07) is 22.5. The second kappa shape index (κ2) is 10.0. The zero-order valence-electron chi connectivity index (χ0n) is 16.7. The van der Waals surface area contributed by atoms with Crippen LogP contribution >= 0.6 is 0 Å². The van der Waals surface area contributed by atoms with Crippen molar-refractivity contribution in [3.8, 4) is 0 Å². The van der Waals surface area contributed by atoms with Gasteiger partial charge in [-0.1, -0.05) is 54.6 Å². The van der Waals surface area contributed by atoms with Gasteiger partial charge in [-0.3, -0.25) is 4.79 Å². The van der Waals surface area contributed by atoms with Crippen molar-refractivity contribution in [1.82, 2.24) is 0 Å². The summed E-state index contributed by atoms with van der Waals surface area (Å²) in [6.07, 6.45) is 1.42. The number of nitrogens with two attached hydrogens (primary N) is 1. The first-order valence-corrected chi connectivity index (χ1v) is 11.1. The molecule has 0 atom stereocenters. The molecule has 0 saturated heterocycles. The van der Waals surface area contributed by atoms with Gasteiger partial charge in [0.05, 0.1) is 10.5 Å². The van der Waals surface area contributed by atoms with Crippen molar-refractivity contribution >= 4 is 27.6 Å². The molecular weight excluding hydrogens is 416 g/mol. The van der Waals surface area contributed by atoms with Gasteiger partial charge in [0.25, 0.3) is 5.91 Å². The molecule has 0 aliphatic rings. The van der Waals surface area contributed by atoms with Gasteiger partial charge in [-0.05, 0) is 48.2 Å². The molecule has 0 aliphatic heterocycles. The number of esters is 1. The molecular formula is C23H22N2O5S. The van der Waals surface area contributed by atoms with E-state index in [0.29, 0.717) is 12.0 Å². The molecule has 0 aromatic heterocycles. The minimum absolute atomic E-state index is 0.130. The molecule has 3 N–H and O–H groups in total. The van der Waals surface area contributed by atoms with Gasteiger partial charge < -0.3 is 10.1 Å². The monoisotopic (exact) mass is 438 g/mol. The average Bonchev–Trinajstić information content (AvgIpc) is 2.76. The highest BCUT2D eigenvalue weighted by Gasteiger charge is 2.15. The fraction of sp³-hybridized carbons (Fsp3) is 0.130. The summed E-state index contributed by atoms with van der Waals surface area (Å²) in [7, 11) is -3.89. The normalized spacial score (nSPS) is 11.0. The standard InChI is InChI=1S/C23H22N2O5S/c24-31(28,29)20-11-6-10-19(15-20)25-22(26)16-30-23(27)21-12-5-4-9-18(21)14-13-17-7-2-1-3-8-17/h1-12,15H,13-14,16H2,(H,25,26)(H2,24,28,29). The maximum atomic E-state index is 12.5. The summed E-state index contributed by atoms with van der Waals surface area (Å²) in [6.45, 7) is -0.508. The van der Waals surface area contributed by atoms with E-state index >= 15 is 0 Å². The number of aryl methyl sites for hydroxylation is 2. The molecule has 160 valence electrons. The molecule has 0 bridgehead atoms. The van der Waals surface area contributed by atoms with Gasteiger partial charge in [-0.25, -0.2) is 18.4 Å². The van der Waals surface area contributed by atoms with Gasteiger partial charge in [0.15, 0.2) is 6.61 Å². The van der Waals surface area contributed by atoms with Gasteiger partial charge >= 0.3 is 5.97 Å². The molecule has 0 heterocycles. The van der Waals surface area contributed by atoms with E-state index in [1.165, 1.54) is 24.3 Å². The number of nitrogens with one attached hydrogen (secondary N) is 1. The minimum atomic E-state index is -3.89. The fourth-order valence-corrected chi connectivity index (χ4v) is 3.58. The van der Waals surface area contributed by atoms with Crippen molar-refractivity contribution in [2.45, 2.75) is 17.7 Å². The Hall–Kier alpha value is -3.49. The van der Waals surface area contributed by atoms with E-state index in [0.717, 1.165) is 17.5 Å². The molecule has 7 nitrogen and oxygen atoms in total. The molecule has 0 saturated carbocycles. The summed E-state index contributed by atoms with van der Waals surface area (Å²) >= 11 is 0. The summed E-state index contributed by atoms with van der Waals surface area (Å²) in [5, 5.41) is 7.57. The van der Waals surface area contributed by atoms with Crippen LogP contribution in [0.25, 0.3) is 0 Å². The molecule has 0 spiro atoms. The summed E-state index contributed by atoms with van der Waals surface area (Å²) in [5.41, 5.74) is 2.63. The van der Waals surface area contributed by atoms with Gasteiger partial charge in [0.1, 0.15) is 0 Å². The second-order valence-electron chi connectivity index (χ2n) is 6.84. The van der Waals surface area contributed by atoms with Crippen LogP contribution in [0.5, 0.6) is 0 Å². The van der Waals surface area contributed by atoms with Gasteiger partial charge in [-0.2, -0.15) is 0 Å². The molecule has 0 unspecified atom stereocenters. The Morgan fingerprint density at radius 3 is 2.32 bits per heavy atom. The number of carbonyl (C=O) groups is 2. The Balaban J connectivity index is 1.59. The maximum Gasteiger partial charge on any atom is 0.338 e. The van der Waals surface area contributed by atoms with E-state index in [1.54, 1.807) is 12.1 Å². The third-order valence-corrected chi connectivity index (χ3v) is 5.45. The van der Waals surface area contributed by atoms with Crippen LogP contribution in [0.1, 0.15) is 21.5 Å². The van der Waals surface area contributed by atoms with Gasteiger partial charge in [-0.15, -0.1) is 0 Å². The Morgan fingerprint density at radius 1 is 0.871 bits per heavy atom. The number of carbonyl (C=O) groups excluding carboxylic acids is 2. The number of amides is 1. The Kier molecular flexibility index (Phi) is 7.17. The summed E-state index contributed by atoms with van der Waals surface area (Å²) in [4.78, 5) is 24.5. The number of primary sulfonamides is 1. The quantitative estimate of drug-likeness (QED) is 0.525. The van der Waals surface area contributed by atoms with Crippen LogP contribution in [0.15, 0.2) is 83.8 Å². The van der Waals surface area contributed by atoms with Crippen LogP contribution in [-0.2, 0) is 32.4 Å². The molecule has 3 rings (SSSR count). The zero-order chi connectivity index (χ0) is 22.3. The first-order chi connectivity index (χ1) is 14.8. The van der Waals surface area contributed by atoms with Crippen molar-refractivity contribution in [3.05, 3.63) is 95.6 Å². The number of rotatable bonds is 8. The van der Waals surface area contributed by atoms with Crippen molar-refractivity contribution < 1.29 is 22.7 Å². The van der Waals surface area contributed by atoms with Gasteiger partial charge in [0, 0.05) is 5.69 Å². The highest BCUT2D eigenvalue weighted by molar-refractivity contribution is 7.89. The van der Waals surface area contributed by atoms with Crippen LogP contribution in [0.3, 0.4) is 0 Å². The lowest BCUT2D eigenvalue weighted by Gasteiger charge is -2.10. The number of hydrogen-bond acceptors (Lipinski definition) is 5. The molecule has 3 aromatic rings. The summed E-state index contributed by atoms with van der Waals surface area (Å²) < 4.78 is 28.0. The largest absolute Gasteiger partial charge is 0.452 e. The highest BCUT2D eigenvalue weighted by Crippen LogP contribution is 2.16. The topological polar surface area (TPSA) is 116 Å². The van der Waals surface area contributed by atoms with E-state index in [1.807, 2.05) is 42.5 Å². The second-order valence-corrected chi connectivity index (χ2v) is 8.40. The first kappa shape index (κ1) is 22.2. The molecule has 8 heteroatoms. The van der Waals surface area contributed by atoms with E-state index in [4.69, 9.17) is 9.88 Å². The van der Waals surface area contributed by atoms with E-state index in [9.17, 15) is 18.0 Å². The predicted octanol–water partition coefficient (Wildman–Crippen LogP) is 2.91. The molecule has 0 radical (unpaired) electrons. The van der Waals surface area contributed by atoms with Crippen molar-refractivity contribution in [2.75, 3.05) is 11.9 Å². The predicted molar refractivity (Wildman–Crippen MR) is 117 cm³/mol. The minimum Gasteiger partial charge on any atom is -0.452 e. The van der Waals surface area contributed by atoms with Gasteiger partial charge in [0.2, 0.25) is 10.0 Å². The van der Waals surface area contributed by atoms with Crippen LogP contribution in [-0.4, -0.2) is 26.9 Å². The van der Waals surface area contributed by atoms with E-state index in [2.05, 4.69) is 5.32 Å². The van der Waals surface area contributed by atoms with Crippen molar-refractivity contribution in [1.29, 1.82) is 0 Å². The smallest absolute Gasteiger partial charge is 0.338 e. The van der Waals surface area contributed by atoms with Crippen LogP contribution in [0.4, 0.5) is 5.69 Å². The highest BCUT2D eigenvalue weighted by atomic mass is 32.2. The SMILES string of the molecule is NS(=O)(=O)c1cccc(NC(=O)COC(=O)c2ccccc2CCc2ccccc2)c1. The summed E-state index contributed by atoms with van der Waals surface area (Å²) in [5.74, 6) is -1.20. The third-order valence-electron chi connectivity index (χ3n) is 4.54. The average molecular weight is 439 g/mol. The lowest BCUT2D eigenvalue weighted by atomic mass is 10.00. The number of benzene rings is 3. The fourth-order valence-electron chi connectivity index (χ4n) is 3.02. The van der Waals surface area contributed by atoms with Crippen LogP contribution in [0.2, 0.25) is 0 Å². The maximum absolute atomic E-state index is 12.5. The molecule has 3 aromatic carbocycles. The van der Waals surface area contributed by atoms with Crippen molar-refractivity contribution in [3.63, 3.8) is 0 Å². The molecule has 0 aliphatic carbocycles. The number of sulfonamides is 1. The molecule has 1 amide bonds. The lowest BCUT2D eigenvalue weighted by Crippen LogP contribution is -2.22. The Labute approximate surface area is 180 Å². The van der Waals surface area contributed by atoms with E-state index < -0.39 is 28.5 Å². The lowest BCUT2D eigenvalue weighted by molar-refractivity contribution is -0.119. The first-order valence-electron chi connectivity index (χ1n) is 9.54. The third kappa shape index (κ3) is 6.50. The molecule has 31 heavy (non-hydrogen) atoms. The van der Waals surface area contributed by atoms with E-state index in [-0.39, 0.29) is 10.6 Å². The zero-order valence-corrected chi connectivity index (χ0v) is 17.5. The Bertz CT molecular complexity index is 1180. The number of hydrogen-bond donors (Lipinski definition) is 2. The number of ether oxygens (including phenoxy) is 1. The molecule has 0 fully saturated rings. The number of anilines is 1. The Morgan fingerprint density at radius 2 is 1.58 bits per heavy atom. The van der Waals surface area contributed by atoms with Crippen LogP contribution < -0.4 is 10.5 Å². The van der Waals surface area contributed by atoms with Crippen molar-refractivity contribution in [2.24, 2.45) is 5.14 Å².